The summed E-state index contributed by atoms with van der Waals surface area (Å²) in [5.74, 6) is 3.19. The standard InChI is InChI=1S/C25H32N4O3/c1-28-22(12-21(27-28)16-4-2-3-5-16)20-14-29-9-8-17(20)10-19(29)13-26-25(30)18-6-7-23-24(11-18)32-15-31-23/h6-7,11-12,16-17,19-20H,2-5,8-10,13-15H2,1H3,(H,26,30)/t17-,19+,20-/m0/s1. The summed E-state index contributed by atoms with van der Waals surface area (Å²) in [4.78, 5) is 15.3. The van der Waals surface area contributed by atoms with Gasteiger partial charge in [0.05, 0.1) is 5.69 Å². The molecule has 1 aromatic heterocycles. The maximum Gasteiger partial charge on any atom is 0.251 e. The number of hydrogen-bond donors (Lipinski definition) is 1. The number of aromatic nitrogens is 2. The summed E-state index contributed by atoms with van der Waals surface area (Å²) >= 11 is 0. The second kappa shape index (κ2) is 8.10. The highest BCUT2D eigenvalue weighted by Gasteiger charge is 2.42. The summed E-state index contributed by atoms with van der Waals surface area (Å²) in [5, 5.41) is 8.07. The van der Waals surface area contributed by atoms with Gasteiger partial charge in [-0.1, -0.05) is 12.8 Å². The molecule has 2 bridgehead atoms. The number of carbonyl (C=O) groups is 1. The Morgan fingerprint density at radius 1 is 1.16 bits per heavy atom. The number of benzene rings is 1. The molecule has 0 spiro atoms. The minimum Gasteiger partial charge on any atom is -0.454 e. The van der Waals surface area contributed by atoms with Gasteiger partial charge in [0.1, 0.15) is 0 Å². The molecule has 1 aliphatic carbocycles. The van der Waals surface area contributed by atoms with Crippen molar-refractivity contribution in [3.8, 4) is 11.5 Å². The van der Waals surface area contributed by atoms with Crippen LogP contribution in [0.25, 0.3) is 0 Å². The summed E-state index contributed by atoms with van der Waals surface area (Å²) in [5.41, 5.74) is 3.34. The Labute approximate surface area is 189 Å². The molecule has 0 radical (unpaired) electrons. The molecule has 1 unspecified atom stereocenters. The molecule has 1 aromatic carbocycles. The van der Waals surface area contributed by atoms with E-state index < -0.39 is 0 Å². The first-order chi connectivity index (χ1) is 15.7. The number of rotatable bonds is 5. The Hall–Kier alpha value is -2.54. The first kappa shape index (κ1) is 20.1. The molecule has 4 fully saturated rings. The van der Waals surface area contributed by atoms with E-state index in [0.29, 0.717) is 47.4 Å². The smallest absolute Gasteiger partial charge is 0.251 e. The fraction of sp³-hybridized carbons (Fsp3) is 0.600. The van der Waals surface area contributed by atoms with Crippen LogP contribution in [-0.2, 0) is 7.05 Å². The Bertz CT molecular complexity index is 1010. The number of fused-ring (bicyclic) bond motifs is 4. The molecular weight excluding hydrogens is 404 g/mol. The van der Waals surface area contributed by atoms with Crippen molar-refractivity contribution >= 4 is 5.91 Å². The van der Waals surface area contributed by atoms with Gasteiger partial charge in [0.15, 0.2) is 11.5 Å². The Kier molecular flexibility index (Phi) is 5.09. The van der Waals surface area contributed by atoms with Gasteiger partial charge in [0, 0.05) is 49.3 Å². The minimum atomic E-state index is -0.0460. The van der Waals surface area contributed by atoms with Crippen LogP contribution in [0.4, 0.5) is 0 Å². The topological polar surface area (TPSA) is 68.6 Å². The number of amides is 1. The van der Waals surface area contributed by atoms with E-state index in [9.17, 15) is 4.79 Å². The predicted octanol–water partition coefficient (Wildman–Crippen LogP) is 3.41. The third-order valence-electron chi connectivity index (χ3n) is 8.10. The fourth-order valence-corrected chi connectivity index (χ4v) is 6.31. The van der Waals surface area contributed by atoms with E-state index in [1.165, 1.54) is 43.5 Å². The van der Waals surface area contributed by atoms with Gasteiger partial charge >= 0.3 is 0 Å². The molecule has 1 amide bonds. The van der Waals surface area contributed by atoms with Crippen LogP contribution in [0.3, 0.4) is 0 Å². The summed E-state index contributed by atoms with van der Waals surface area (Å²) in [6.07, 6.45) is 7.65. The van der Waals surface area contributed by atoms with Gasteiger partial charge in [0.2, 0.25) is 6.79 Å². The Morgan fingerprint density at radius 2 is 2.00 bits per heavy atom. The number of hydrogen-bond acceptors (Lipinski definition) is 5. The van der Waals surface area contributed by atoms with Crippen molar-refractivity contribution in [2.45, 2.75) is 56.4 Å². The van der Waals surface area contributed by atoms with Gasteiger partial charge in [-0.25, -0.2) is 0 Å². The average Bonchev–Trinajstić information content (AvgIpc) is 3.57. The highest BCUT2D eigenvalue weighted by Crippen LogP contribution is 2.43. The van der Waals surface area contributed by atoms with E-state index in [0.717, 1.165) is 19.5 Å². The van der Waals surface area contributed by atoms with Crippen LogP contribution in [0.2, 0.25) is 0 Å². The third kappa shape index (κ3) is 3.56. The molecule has 7 heteroatoms. The van der Waals surface area contributed by atoms with E-state index in [4.69, 9.17) is 14.6 Å². The maximum absolute atomic E-state index is 12.7. The van der Waals surface area contributed by atoms with Crippen molar-refractivity contribution in [3.63, 3.8) is 0 Å². The van der Waals surface area contributed by atoms with Gasteiger partial charge in [0.25, 0.3) is 5.91 Å². The molecule has 2 aromatic rings. The van der Waals surface area contributed by atoms with Crippen LogP contribution >= 0.6 is 0 Å². The van der Waals surface area contributed by atoms with E-state index in [1.54, 1.807) is 12.1 Å². The predicted molar refractivity (Wildman–Crippen MR) is 120 cm³/mol. The first-order valence-electron chi connectivity index (χ1n) is 12.1. The molecule has 7 nitrogen and oxygen atoms in total. The van der Waals surface area contributed by atoms with Crippen molar-refractivity contribution < 1.29 is 14.3 Å². The molecule has 170 valence electrons. The highest BCUT2D eigenvalue weighted by atomic mass is 16.7. The normalized spacial score (nSPS) is 28.9. The molecule has 5 heterocycles. The number of piperidine rings is 3. The molecule has 32 heavy (non-hydrogen) atoms. The number of aryl methyl sites for hydroxylation is 1. The molecule has 1 saturated carbocycles. The van der Waals surface area contributed by atoms with Crippen molar-refractivity contribution in [1.82, 2.24) is 20.0 Å². The van der Waals surface area contributed by atoms with E-state index in [-0.39, 0.29) is 12.7 Å². The third-order valence-corrected chi connectivity index (χ3v) is 8.10. The maximum atomic E-state index is 12.7. The average molecular weight is 437 g/mol. The molecule has 3 saturated heterocycles. The molecule has 5 aliphatic rings. The van der Waals surface area contributed by atoms with Crippen LogP contribution in [-0.4, -0.2) is 53.1 Å². The van der Waals surface area contributed by atoms with Crippen molar-refractivity contribution in [2.24, 2.45) is 13.0 Å². The van der Waals surface area contributed by atoms with Crippen LogP contribution < -0.4 is 14.8 Å². The van der Waals surface area contributed by atoms with Crippen molar-refractivity contribution in [2.75, 3.05) is 26.4 Å². The summed E-state index contributed by atoms with van der Waals surface area (Å²) in [6.45, 7) is 3.10. The largest absolute Gasteiger partial charge is 0.454 e. The lowest BCUT2D eigenvalue weighted by molar-refractivity contribution is 0.0280. The van der Waals surface area contributed by atoms with Gasteiger partial charge in [-0.3, -0.25) is 14.4 Å². The van der Waals surface area contributed by atoms with Crippen LogP contribution in [0.5, 0.6) is 11.5 Å². The van der Waals surface area contributed by atoms with Crippen LogP contribution in [0.15, 0.2) is 24.3 Å². The highest BCUT2D eigenvalue weighted by molar-refractivity contribution is 5.94. The zero-order chi connectivity index (χ0) is 21.7. The molecule has 4 atom stereocenters. The molecular formula is C25H32N4O3. The van der Waals surface area contributed by atoms with Gasteiger partial charge < -0.3 is 14.8 Å². The quantitative estimate of drug-likeness (QED) is 0.778. The van der Waals surface area contributed by atoms with Gasteiger partial charge in [-0.2, -0.15) is 5.10 Å². The second-order valence-electron chi connectivity index (χ2n) is 9.92. The van der Waals surface area contributed by atoms with Crippen LogP contribution in [0, 0.1) is 5.92 Å². The molecule has 7 rings (SSSR count). The van der Waals surface area contributed by atoms with E-state index >= 15 is 0 Å². The lowest BCUT2D eigenvalue weighted by Gasteiger charge is -2.50. The van der Waals surface area contributed by atoms with Gasteiger partial charge in [-0.05, 0) is 62.4 Å². The summed E-state index contributed by atoms with van der Waals surface area (Å²) in [6, 6.07) is 8.19. The van der Waals surface area contributed by atoms with E-state index in [2.05, 4.69) is 28.0 Å². The van der Waals surface area contributed by atoms with Crippen molar-refractivity contribution in [1.29, 1.82) is 0 Å². The number of nitrogens with one attached hydrogen (secondary N) is 1. The number of carbonyl (C=O) groups excluding carboxylic acids is 1. The monoisotopic (exact) mass is 436 g/mol. The minimum absolute atomic E-state index is 0.0460. The number of nitrogens with zero attached hydrogens (tertiary/aromatic N) is 3. The summed E-state index contributed by atoms with van der Waals surface area (Å²) in [7, 11) is 2.12. The van der Waals surface area contributed by atoms with Gasteiger partial charge in [-0.15, -0.1) is 0 Å². The SMILES string of the molecule is Cn1nc(C2CCCC2)cc1[C@H]1CN2CC[C@H]1C[C@@H]2CNC(=O)c1ccc2c(c1)OCO2. The van der Waals surface area contributed by atoms with Crippen molar-refractivity contribution in [3.05, 3.63) is 41.2 Å². The Morgan fingerprint density at radius 3 is 2.81 bits per heavy atom. The lowest BCUT2D eigenvalue weighted by Crippen LogP contribution is -2.56. The molecule has 1 N–H and O–H groups in total. The first-order valence-corrected chi connectivity index (χ1v) is 12.1. The Balaban J connectivity index is 1.09. The summed E-state index contributed by atoms with van der Waals surface area (Å²) < 4.78 is 12.9. The van der Waals surface area contributed by atoms with E-state index in [1.807, 2.05) is 6.07 Å². The fourth-order valence-electron chi connectivity index (χ4n) is 6.31. The lowest BCUT2D eigenvalue weighted by atomic mass is 9.74. The zero-order valence-corrected chi connectivity index (χ0v) is 18.8. The second-order valence-corrected chi connectivity index (χ2v) is 9.92. The zero-order valence-electron chi connectivity index (χ0n) is 18.8. The number of ether oxygens (including phenoxy) is 2. The molecule has 4 aliphatic heterocycles. The van der Waals surface area contributed by atoms with Crippen LogP contribution in [0.1, 0.15) is 72.1 Å².